The molecule has 0 bridgehead atoms. The molecule has 100 valence electrons. The summed E-state index contributed by atoms with van der Waals surface area (Å²) in [7, 11) is 0. The molecule has 2 N–H and O–H groups in total. The fourth-order valence-electron chi connectivity index (χ4n) is 2.00. The molecular weight excluding hydrogens is 258 g/mol. The summed E-state index contributed by atoms with van der Waals surface area (Å²) in [5, 5.41) is 14.6. The quantitative estimate of drug-likeness (QED) is 0.857. The second-order valence-corrected chi connectivity index (χ2v) is 5.71. The number of carboxylic acids is 1. The SMILES string of the molecule is CC(C)C(Nc1ccccc1C(=O)O)c1cccs1. The molecule has 0 saturated carbocycles. The van der Waals surface area contributed by atoms with E-state index < -0.39 is 5.97 Å². The third kappa shape index (κ3) is 3.15. The van der Waals surface area contributed by atoms with E-state index in [1.54, 1.807) is 23.5 Å². The lowest BCUT2D eigenvalue weighted by molar-refractivity contribution is 0.0698. The summed E-state index contributed by atoms with van der Waals surface area (Å²) in [6.45, 7) is 4.25. The van der Waals surface area contributed by atoms with Gasteiger partial charge in [-0.2, -0.15) is 0 Å². The second-order valence-electron chi connectivity index (χ2n) is 4.73. The predicted octanol–water partition coefficient (Wildman–Crippen LogP) is 4.26. The van der Waals surface area contributed by atoms with E-state index in [1.807, 2.05) is 23.6 Å². The first-order chi connectivity index (χ1) is 9.09. The Morgan fingerprint density at radius 3 is 2.53 bits per heavy atom. The van der Waals surface area contributed by atoms with Crippen molar-refractivity contribution in [3.63, 3.8) is 0 Å². The number of benzene rings is 1. The van der Waals surface area contributed by atoms with Crippen molar-refractivity contribution in [2.45, 2.75) is 19.9 Å². The number of anilines is 1. The fourth-order valence-corrected chi connectivity index (χ4v) is 2.95. The first kappa shape index (κ1) is 13.6. The molecule has 0 aliphatic rings. The molecule has 1 aromatic heterocycles. The van der Waals surface area contributed by atoms with E-state index in [2.05, 4.69) is 25.2 Å². The van der Waals surface area contributed by atoms with E-state index >= 15 is 0 Å². The largest absolute Gasteiger partial charge is 0.478 e. The maximum Gasteiger partial charge on any atom is 0.337 e. The van der Waals surface area contributed by atoms with Crippen molar-refractivity contribution in [2.75, 3.05) is 5.32 Å². The van der Waals surface area contributed by atoms with Crippen LogP contribution in [0.3, 0.4) is 0 Å². The minimum absolute atomic E-state index is 0.125. The molecule has 0 radical (unpaired) electrons. The zero-order valence-electron chi connectivity index (χ0n) is 11.0. The number of nitrogens with one attached hydrogen (secondary N) is 1. The highest BCUT2D eigenvalue weighted by Gasteiger charge is 2.19. The van der Waals surface area contributed by atoms with Crippen LogP contribution >= 0.6 is 11.3 Å². The summed E-state index contributed by atoms with van der Waals surface area (Å²) < 4.78 is 0. The van der Waals surface area contributed by atoms with Gasteiger partial charge in [0.2, 0.25) is 0 Å². The molecule has 4 heteroatoms. The van der Waals surface area contributed by atoms with Crippen LogP contribution in [0, 0.1) is 5.92 Å². The average molecular weight is 275 g/mol. The Balaban J connectivity index is 2.30. The number of hydrogen-bond acceptors (Lipinski definition) is 3. The lowest BCUT2D eigenvalue weighted by atomic mass is 10.0. The number of hydrogen-bond donors (Lipinski definition) is 2. The molecule has 0 amide bonds. The smallest absolute Gasteiger partial charge is 0.337 e. The maximum absolute atomic E-state index is 11.2. The number of carboxylic acid groups (broad SMARTS) is 1. The van der Waals surface area contributed by atoms with Crippen molar-refractivity contribution >= 4 is 23.0 Å². The van der Waals surface area contributed by atoms with E-state index in [0.29, 0.717) is 17.2 Å². The van der Waals surface area contributed by atoms with E-state index in [1.165, 1.54) is 4.88 Å². The molecular formula is C15H17NO2S. The van der Waals surface area contributed by atoms with Gasteiger partial charge in [-0.25, -0.2) is 4.79 Å². The standard InChI is InChI=1S/C15H17NO2S/c1-10(2)14(13-8-5-9-19-13)16-12-7-4-3-6-11(12)15(17)18/h3-10,14,16H,1-2H3,(H,17,18). The molecule has 2 aromatic rings. The van der Waals surface area contributed by atoms with Crippen LogP contribution in [0.5, 0.6) is 0 Å². The number of aromatic carboxylic acids is 1. The molecule has 0 spiro atoms. The highest BCUT2D eigenvalue weighted by atomic mass is 32.1. The minimum atomic E-state index is -0.906. The molecule has 1 unspecified atom stereocenters. The maximum atomic E-state index is 11.2. The third-order valence-corrected chi connectivity index (χ3v) is 3.94. The van der Waals surface area contributed by atoms with Crippen LogP contribution in [0.2, 0.25) is 0 Å². The van der Waals surface area contributed by atoms with Crippen LogP contribution in [0.1, 0.15) is 35.1 Å². The summed E-state index contributed by atoms with van der Waals surface area (Å²) in [6, 6.07) is 11.2. The van der Waals surface area contributed by atoms with Crippen molar-refractivity contribution in [1.82, 2.24) is 0 Å². The second kappa shape index (κ2) is 5.89. The Morgan fingerprint density at radius 1 is 1.21 bits per heavy atom. The molecule has 0 aliphatic carbocycles. The van der Waals surface area contributed by atoms with Crippen molar-refractivity contribution < 1.29 is 9.90 Å². The monoisotopic (exact) mass is 275 g/mol. The van der Waals surface area contributed by atoms with E-state index in [4.69, 9.17) is 0 Å². The third-order valence-electron chi connectivity index (χ3n) is 2.98. The minimum Gasteiger partial charge on any atom is -0.478 e. The van der Waals surface area contributed by atoms with E-state index in [9.17, 15) is 9.90 Å². The van der Waals surface area contributed by atoms with Crippen molar-refractivity contribution in [3.05, 3.63) is 52.2 Å². The summed E-state index contributed by atoms with van der Waals surface area (Å²) in [5.41, 5.74) is 0.979. The van der Waals surface area contributed by atoms with Gasteiger partial charge in [0.1, 0.15) is 0 Å². The van der Waals surface area contributed by atoms with E-state index in [-0.39, 0.29) is 6.04 Å². The van der Waals surface area contributed by atoms with Gasteiger partial charge in [-0.05, 0) is 29.5 Å². The van der Waals surface area contributed by atoms with Gasteiger partial charge in [0.15, 0.2) is 0 Å². The summed E-state index contributed by atoms with van der Waals surface area (Å²) in [4.78, 5) is 12.4. The molecule has 1 atom stereocenters. The predicted molar refractivity (Wildman–Crippen MR) is 78.9 cm³/mol. The lowest BCUT2D eigenvalue weighted by Gasteiger charge is -2.23. The highest BCUT2D eigenvalue weighted by Crippen LogP contribution is 2.30. The Bertz CT molecular complexity index is 549. The molecule has 2 rings (SSSR count). The van der Waals surface area contributed by atoms with Crippen molar-refractivity contribution in [3.8, 4) is 0 Å². The highest BCUT2D eigenvalue weighted by molar-refractivity contribution is 7.10. The van der Waals surface area contributed by atoms with Crippen molar-refractivity contribution in [1.29, 1.82) is 0 Å². The fraction of sp³-hybridized carbons (Fsp3) is 0.267. The molecule has 19 heavy (non-hydrogen) atoms. The molecule has 3 nitrogen and oxygen atoms in total. The first-order valence-electron chi connectivity index (χ1n) is 6.22. The van der Waals surface area contributed by atoms with Crippen molar-refractivity contribution in [2.24, 2.45) is 5.92 Å². The Morgan fingerprint density at radius 2 is 1.95 bits per heavy atom. The Kier molecular flexibility index (Phi) is 4.22. The number of para-hydroxylation sites is 1. The van der Waals surface area contributed by atoms with Crippen LogP contribution in [-0.4, -0.2) is 11.1 Å². The average Bonchev–Trinajstić information content (AvgIpc) is 2.89. The zero-order chi connectivity index (χ0) is 13.8. The van der Waals surface area contributed by atoms with Crippen LogP contribution < -0.4 is 5.32 Å². The molecule has 1 heterocycles. The van der Waals surface area contributed by atoms with Gasteiger partial charge in [0, 0.05) is 10.6 Å². The number of rotatable bonds is 5. The van der Waals surface area contributed by atoms with E-state index in [0.717, 1.165) is 0 Å². The first-order valence-corrected chi connectivity index (χ1v) is 7.10. The summed E-state index contributed by atoms with van der Waals surface area (Å²) in [5.74, 6) is -0.530. The summed E-state index contributed by atoms with van der Waals surface area (Å²) in [6.07, 6.45) is 0. The number of thiophene rings is 1. The molecule has 0 fully saturated rings. The topological polar surface area (TPSA) is 49.3 Å². The van der Waals surface area contributed by atoms with Crippen LogP contribution in [-0.2, 0) is 0 Å². The Labute approximate surface area is 116 Å². The molecule has 1 aromatic carbocycles. The summed E-state index contributed by atoms with van der Waals surface area (Å²) >= 11 is 1.68. The lowest BCUT2D eigenvalue weighted by Crippen LogP contribution is -2.17. The Hall–Kier alpha value is -1.81. The zero-order valence-corrected chi connectivity index (χ0v) is 11.8. The molecule has 0 saturated heterocycles. The molecule has 0 aliphatic heterocycles. The van der Waals surface area contributed by atoms with Crippen LogP contribution in [0.15, 0.2) is 41.8 Å². The van der Waals surface area contributed by atoms with Gasteiger partial charge >= 0.3 is 5.97 Å². The van der Waals surface area contributed by atoms with Gasteiger partial charge in [-0.3, -0.25) is 0 Å². The van der Waals surface area contributed by atoms with Crippen LogP contribution in [0.25, 0.3) is 0 Å². The van der Waals surface area contributed by atoms with Crippen LogP contribution in [0.4, 0.5) is 5.69 Å². The normalized spacial score (nSPS) is 12.4. The van der Waals surface area contributed by atoms with Gasteiger partial charge in [0.05, 0.1) is 11.6 Å². The number of carbonyl (C=O) groups is 1. The van der Waals surface area contributed by atoms with Gasteiger partial charge in [0.25, 0.3) is 0 Å². The van der Waals surface area contributed by atoms with Gasteiger partial charge in [-0.15, -0.1) is 11.3 Å². The van der Waals surface area contributed by atoms with Gasteiger partial charge in [-0.1, -0.05) is 32.0 Å². The van der Waals surface area contributed by atoms with Gasteiger partial charge < -0.3 is 10.4 Å².